The first-order valence-electron chi connectivity index (χ1n) is 9.31. The van der Waals surface area contributed by atoms with Crippen molar-refractivity contribution in [1.82, 2.24) is 9.97 Å². The van der Waals surface area contributed by atoms with Crippen LogP contribution >= 0.6 is 0 Å². The molecule has 3 rings (SSSR count). The Kier molecular flexibility index (Phi) is 6.14. The molecule has 1 aromatic heterocycles. The molecule has 0 amide bonds. The maximum atomic E-state index is 11.3. The van der Waals surface area contributed by atoms with Crippen LogP contribution in [-0.2, 0) is 16.4 Å². The Morgan fingerprint density at radius 1 is 1.03 bits per heavy atom. The van der Waals surface area contributed by atoms with Crippen LogP contribution in [0.3, 0.4) is 0 Å². The van der Waals surface area contributed by atoms with E-state index in [2.05, 4.69) is 35.2 Å². The Morgan fingerprint density at radius 3 is 2.45 bits per heavy atom. The van der Waals surface area contributed by atoms with Crippen molar-refractivity contribution in [2.45, 2.75) is 31.6 Å². The van der Waals surface area contributed by atoms with Gasteiger partial charge in [-0.1, -0.05) is 30.3 Å². The lowest BCUT2D eigenvalue weighted by molar-refractivity contribution is 0.597. The number of sulfonamides is 1. The second-order valence-corrected chi connectivity index (χ2v) is 8.52. The molecular weight excluding hydrogens is 386 g/mol. The predicted molar refractivity (Wildman–Crippen MR) is 116 cm³/mol. The van der Waals surface area contributed by atoms with E-state index in [4.69, 9.17) is 10.9 Å². The van der Waals surface area contributed by atoms with Crippen molar-refractivity contribution >= 4 is 21.8 Å². The Hall–Kier alpha value is -2.97. The third-order valence-corrected chi connectivity index (χ3v) is 5.75. The molecule has 2 aromatic carbocycles. The maximum absolute atomic E-state index is 11.3. The van der Waals surface area contributed by atoms with Gasteiger partial charge in [-0.2, -0.15) is 4.98 Å². The number of hydrogen-bond donors (Lipinski definition) is 3. The number of hydrogen-bond acceptors (Lipinski definition) is 6. The van der Waals surface area contributed by atoms with Gasteiger partial charge in [0.1, 0.15) is 5.82 Å². The van der Waals surface area contributed by atoms with E-state index >= 15 is 0 Å². The van der Waals surface area contributed by atoms with Crippen LogP contribution in [0, 0.1) is 13.8 Å². The Morgan fingerprint density at radius 2 is 1.76 bits per heavy atom. The fraction of sp³-hybridized carbons (Fsp3) is 0.238. The number of nitrogen functional groups attached to an aromatic ring is 1. The minimum absolute atomic E-state index is 0.120. The van der Waals surface area contributed by atoms with Crippen LogP contribution in [0.4, 0.5) is 11.8 Å². The summed E-state index contributed by atoms with van der Waals surface area (Å²) in [5, 5.41) is 8.41. The molecule has 8 heteroatoms. The number of nitrogens with one attached hydrogen (secondary N) is 1. The third kappa shape index (κ3) is 5.30. The zero-order valence-corrected chi connectivity index (χ0v) is 17.3. The Bertz CT molecular complexity index is 1110. The van der Waals surface area contributed by atoms with Gasteiger partial charge < -0.3 is 11.1 Å². The van der Waals surface area contributed by atoms with E-state index in [0.29, 0.717) is 12.4 Å². The molecule has 0 saturated carbocycles. The molecule has 0 aliphatic heterocycles. The molecule has 0 radical (unpaired) electrons. The van der Waals surface area contributed by atoms with E-state index in [9.17, 15) is 8.42 Å². The zero-order chi connectivity index (χ0) is 21.0. The van der Waals surface area contributed by atoms with Gasteiger partial charge in [0.15, 0.2) is 0 Å². The van der Waals surface area contributed by atoms with Crippen LogP contribution in [0.1, 0.15) is 23.1 Å². The average molecular weight is 412 g/mol. The summed E-state index contributed by atoms with van der Waals surface area (Å²) < 4.78 is 22.6. The van der Waals surface area contributed by atoms with Gasteiger partial charge >= 0.3 is 0 Å². The van der Waals surface area contributed by atoms with E-state index in [0.717, 1.165) is 29.7 Å². The highest BCUT2D eigenvalue weighted by Crippen LogP contribution is 2.26. The van der Waals surface area contributed by atoms with E-state index in [1.807, 2.05) is 18.2 Å². The van der Waals surface area contributed by atoms with Gasteiger partial charge in [-0.3, -0.25) is 0 Å². The number of benzene rings is 2. The predicted octanol–water partition coefficient (Wildman–Crippen LogP) is 3.03. The molecule has 152 valence electrons. The van der Waals surface area contributed by atoms with Crippen molar-refractivity contribution in [3.63, 3.8) is 0 Å². The van der Waals surface area contributed by atoms with Crippen LogP contribution in [0.15, 0.2) is 53.4 Å². The lowest BCUT2D eigenvalue weighted by Gasteiger charge is -2.11. The molecule has 0 aliphatic carbocycles. The summed E-state index contributed by atoms with van der Waals surface area (Å²) in [4.78, 5) is 8.77. The summed E-state index contributed by atoms with van der Waals surface area (Å²) in [7, 11) is -3.66. The fourth-order valence-electron chi connectivity index (χ4n) is 3.08. The molecule has 0 fully saturated rings. The van der Waals surface area contributed by atoms with Gasteiger partial charge in [0.2, 0.25) is 16.0 Å². The summed E-state index contributed by atoms with van der Waals surface area (Å²) in [6.07, 6.45) is 1.64. The molecule has 7 nitrogen and oxygen atoms in total. The molecular formula is C21H25N5O2S. The number of nitrogens with two attached hydrogens (primary N) is 2. The van der Waals surface area contributed by atoms with Crippen LogP contribution in [0.2, 0.25) is 0 Å². The van der Waals surface area contributed by atoms with Crippen molar-refractivity contribution < 1.29 is 8.42 Å². The largest absolute Gasteiger partial charge is 0.370 e. The van der Waals surface area contributed by atoms with Crippen molar-refractivity contribution in [2.24, 2.45) is 5.14 Å². The first kappa shape index (κ1) is 20.8. The summed E-state index contributed by atoms with van der Waals surface area (Å²) in [6.45, 7) is 4.83. The highest BCUT2D eigenvalue weighted by atomic mass is 32.2. The quantitative estimate of drug-likeness (QED) is 0.513. The van der Waals surface area contributed by atoms with E-state index in [-0.39, 0.29) is 10.8 Å². The van der Waals surface area contributed by atoms with Crippen LogP contribution < -0.4 is 16.2 Å². The molecule has 1 heterocycles. The minimum Gasteiger partial charge on any atom is -0.370 e. The van der Waals surface area contributed by atoms with E-state index in [1.165, 1.54) is 23.3 Å². The lowest BCUT2D eigenvalue weighted by Crippen LogP contribution is -2.12. The van der Waals surface area contributed by atoms with Crippen LogP contribution in [-0.4, -0.2) is 24.9 Å². The number of primary sulfonamides is 1. The second-order valence-electron chi connectivity index (χ2n) is 6.96. The monoisotopic (exact) mass is 411 g/mol. The van der Waals surface area contributed by atoms with E-state index < -0.39 is 10.0 Å². The fourth-order valence-corrected chi connectivity index (χ4v) is 3.59. The number of aromatic nitrogens is 2. The summed E-state index contributed by atoms with van der Waals surface area (Å²) >= 11 is 0. The summed E-state index contributed by atoms with van der Waals surface area (Å²) in [5.74, 6) is 0.905. The number of rotatable bonds is 7. The van der Waals surface area contributed by atoms with Crippen molar-refractivity contribution in [1.29, 1.82) is 0 Å². The van der Waals surface area contributed by atoms with Gasteiger partial charge in [-0.15, -0.1) is 0 Å². The molecule has 29 heavy (non-hydrogen) atoms. The molecule has 0 unspecified atom stereocenters. The molecule has 5 N–H and O–H groups in total. The van der Waals surface area contributed by atoms with Gasteiger partial charge in [0, 0.05) is 18.2 Å². The first-order chi connectivity index (χ1) is 13.7. The molecule has 0 bridgehead atoms. The summed E-state index contributed by atoms with van der Waals surface area (Å²) in [6, 6.07) is 14.6. The topological polar surface area (TPSA) is 124 Å². The highest BCUT2D eigenvalue weighted by molar-refractivity contribution is 7.89. The van der Waals surface area contributed by atoms with Crippen molar-refractivity contribution in [2.75, 3.05) is 17.6 Å². The average Bonchev–Trinajstić information content (AvgIpc) is 2.66. The Labute approximate surface area is 171 Å². The van der Waals surface area contributed by atoms with Crippen molar-refractivity contribution in [3.05, 3.63) is 65.2 Å². The molecule has 0 aliphatic rings. The van der Waals surface area contributed by atoms with Gasteiger partial charge in [-0.25, -0.2) is 18.5 Å². The summed E-state index contributed by atoms with van der Waals surface area (Å²) in [5.41, 5.74) is 11.1. The first-order valence-corrected chi connectivity index (χ1v) is 10.9. The van der Waals surface area contributed by atoms with Crippen LogP contribution in [0.25, 0.3) is 11.3 Å². The van der Waals surface area contributed by atoms with Gasteiger partial charge in [0.05, 0.1) is 10.6 Å². The standard InChI is InChI=1S/C21H25N5O2S/c1-14-5-3-7-18(15(14)2)19-13-20(26-21(22)25-19)24-12-4-6-16-8-10-17(11-9-16)29(23,27)28/h3,5,7-11,13H,4,6,12H2,1-2H3,(H2,23,27,28)(H3,22,24,25,26). The van der Waals surface area contributed by atoms with Gasteiger partial charge in [0.25, 0.3) is 0 Å². The maximum Gasteiger partial charge on any atom is 0.238 e. The number of anilines is 2. The van der Waals surface area contributed by atoms with Crippen LogP contribution in [0.5, 0.6) is 0 Å². The SMILES string of the molecule is Cc1cccc(-c2cc(NCCCc3ccc(S(N)(=O)=O)cc3)nc(N)n2)c1C. The third-order valence-electron chi connectivity index (χ3n) is 4.82. The number of nitrogens with zero attached hydrogens (tertiary/aromatic N) is 2. The second kappa shape index (κ2) is 8.59. The van der Waals surface area contributed by atoms with E-state index in [1.54, 1.807) is 12.1 Å². The normalized spacial score (nSPS) is 11.4. The molecule has 0 saturated heterocycles. The highest BCUT2D eigenvalue weighted by Gasteiger charge is 2.09. The lowest BCUT2D eigenvalue weighted by atomic mass is 10.0. The smallest absolute Gasteiger partial charge is 0.238 e. The van der Waals surface area contributed by atoms with Gasteiger partial charge in [-0.05, 0) is 55.5 Å². The Balaban J connectivity index is 1.63. The number of aryl methyl sites for hydroxylation is 2. The minimum atomic E-state index is -3.66. The molecule has 3 aromatic rings. The zero-order valence-electron chi connectivity index (χ0n) is 16.5. The van der Waals surface area contributed by atoms with Crippen molar-refractivity contribution in [3.8, 4) is 11.3 Å². The molecule has 0 spiro atoms. The molecule has 0 atom stereocenters.